The van der Waals surface area contributed by atoms with Gasteiger partial charge >= 0.3 is 5.97 Å². The van der Waals surface area contributed by atoms with Crippen molar-refractivity contribution in [2.24, 2.45) is 11.7 Å². The van der Waals surface area contributed by atoms with Crippen molar-refractivity contribution >= 4 is 29.2 Å². The third kappa shape index (κ3) is 3.49. The number of rotatable bonds is 3. The first-order valence-electron chi connectivity index (χ1n) is 6.56. The first-order valence-corrected chi connectivity index (χ1v) is 6.94. The Morgan fingerprint density at radius 2 is 1.90 bits per heavy atom. The Bertz CT molecular complexity index is 525. The zero-order chi connectivity index (χ0) is 14.7. The molecule has 1 aromatic carbocycles. The molecule has 6 heteroatoms. The number of nitrogens with two attached hydrogens (primary N) is 1. The van der Waals surface area contributed by atoms with Crippen LogP contribution in [-0.4, -0.2) is 23.0 Å². The maximum atomic E-state index is 12.2. The number of carboxylic acids is 1. The highest BCUT2D eigenvalue weighted by Gasteiger charge is 2.25. The second-order valence-electron chi connectivity index (χ2n) is 5.10. The standard InChI is InChI=1S/C14H17ClN2O3/c15-9-3-6-12(11(7-9)14(19)20)17-13(18)8-1-4-10(16)5-2-8/h3,6-8,10H,1-2,4-5,16H2,(H,17,18)(H,19,20). The fourth-order valence-electron chi connectivity index (χ4n) is 2.42. The number of carboxylic acid groups (broad SMARTS) is 1. The number of carbonyl (C=O) groups is 2. The molecule has 2 rings (SSSR count). The van der Waals surface area contributed by atoms with Crippen LogP contribution in [0.4, 0.5) is 5.69 Å². The van der Waals surface area contributed by atoms with Gasteiger partial charge in [0.1, 0.15) is 0 Å². The zero-order valence-corrected chi connectivity index (χ0v) is 11.7. The minimum atomic E-state index is -1.12. The molecule has 0 unspecified atom stereocenters. The number of anilines is 1. The molecule has 0 radical (unpaired) electrons. The smallest absolute Gasteiger partial charge is 0.337 e. The number of aromatic carboxylic acids is 1. The molecule has 5 nitrogen and oxygen atoms in total. The summed E-state index contributed by atoms with van der Waals surface area (Å²) in [6.45, 7) is 0. The molecule has 0 atom stereocenters. The molecule has 1 saturated carbocycles. The molecule has 20 heavy (non-hydrogen) atoms. The second-order valence-corrected chi connectivity index (χ2v) is 5.53. The molecule has 0 aromatic heterocycles. The van der Waals surface area contributed by atoms with Crippen molar-refractivity contribution < 1.29 is 14.7 Å². The fraction of sp³-hybridized carbons (Fsp3) is 0.429. The van der Waals surface area contributed by atoms with Gasteiger partial charge in [0.15, 0.2) is 0 Å². The van der Waals surface area contributed by atoms with Crippen LogP contribution in [0.5, 0.6) is 0 Å². The van der Waals surface area contributed by atoms with E-state index >= 15 is 0 Å². The van der Waals surface area contributed by atoms with E-state index in [-0.39, 0.29) is 29.1 Å². The van der Waals surface area contributed by atoms with E-state index < -0.39 is 5.97 Å². The molecule has 0 bridgehead atoms. The topological polar surface area (TPSA) is 92.4 Å². The molecular formula is C14H17ClN2O3. The quantitative estimate of drug-likeness (QED) is 0.799. The van der Waals surface area contributed by atoms with Gasteiger partial charge in [0.25, 0.3) is 0 Å². The Labute approximate surface area is 122 Å². The van der Waals surface area contributed by atoms with E-state index in [9.17, 15) is 9.59 Å². The van der Waals surface area contributed by atoms with Gasteiger partial charge in [-0.15, -0.1) is 0 Å². The van der Waals surface area contributed by atoms with Crippen LogP contribution in [0.25, 0.3) is 0 Å². The van der Waals surface area contributed by atoms with Crippen LogP contribution >= 0.6 is 11.6 Å². The summed E-state index contributed by atoms with van der Waals surface area (Å²) in [6, 6.07) is 4.57. The number of halogens is 1. The summed E-state index contributed by atoms with van der Waals surface area (Å²) >= 11 is 5.77. The summed E-state index contributed by atoms with van der Waals surface area (Å²) < 4.78 is 0. The number of amides is 1. The van der Waals surface area contributed by atoms with Crippen LogP contribution in [0.2, 0.25) is 5.02 Å². The highest BCUT2D eigenvalue weighted by atomic mass is 35.5. The summed E-state index contributed by atoms with van der Waals surface area (Å²) in [7, 11) is 0. The van der Waals surface area contributed by atoms with E-state index in [0.29, 0.717) is 5.02 Å². The Hall–Kier alpha value is -1.59. The lowest BCUT2D eigenvalue weighted by Crippen LogP contribution is -2.32. The van der Waals surface area contributed by atoms with E-state index in [1.807, 2.05) is 0 Å². The lowest BCUT2D eigenvalue weighted by Gasteiger charge is -2.25. The van der Waals surface area contributed by atoms with Gasteiger partial charge in [-0.1, -0.05) is 11.6 Å². The highest BCUT2D eigenvalue weighted by molar-refractivity contribution is 6.31. The lowest BCUT2D eigenvalue weighted by molar-refractivity contribution is -0.120. The van der Waals surface area contributed by atoms with Crippen molar-refractivity contribution in [3.63, 3.8) is 0 Å². The van der Waals surface area contributed by atoms with Crippen LogP contribution in [-0.2, 0) is 4.79 Å². The average Bonchev–Trinajstić information content (AvgIpc) is 2.41. The predicted molar refractivity (Wildman–Crippen MR) is 77.0 cm³/mol. The molecule has 1 aliphatic carbocycles. The zero-order valence-electron chi connectivity index (χ0n) is 10.9. The summed E-state index contributed by atoms with van der Waals surface area (Å²) in [5.74, 6) is -1.37. The second kappa shape index (κ2) is 6.24. The minimum absolute atomic E-state index is 0.00152. The first kappa shape index (κ1) is 14.8. The van der Waals surface area contributed by atoms with Gasteiger partial charge in [0.05, 0.1) is 11.3 Å². The fourth-order valence-corrected chi connectivity index (χ4v) is 2.59. The first-order chi connectivity index (χ1) is 9.47. The van der Waals surface area contributed by atoms with Crippen molar-refractivity contribution in [2.45, 2.75) is 31.7 Å². The van der Waals surface area contributed by atoms with Crippen LogP contribution in [0, 0.1) is 5.92 Å². The van der Waals surface area contributed by atoms with Gasteiger partial charge in [-0.25, -0.2) is 4.79 Å². The molecule has 0 aliphatic heterocycles. The Morgan fingerprint density at radius 3 is 2.50 bits per heavy atom. The van der Waals surface area contributed by atoms with Gasteiger partial charge in [-0.2, -0.15) is 0 Å². The number of carbonyl (C=O) groups excluding carboxylic acids is 1. The van der Waals surface area contributed by atoms with Crippen LogP contribution in [0.1, 0.15) is 36.0 Å². The Morgan fingerprint density at radius 1 is 1.25 bits per heavy atom. The maximum Gasteiger partial charge on any atom is 0.337 e. The maximum absolute atomic E-state index is 12.2. The summed E-state index contributed by atoms with van der Waals surface area (Å²) in [6.07, 6.45) is 3.13. The average molecular weight is 297 g/mol. The lowest BCUT2D eigenvalue weighted by atomic mass is 9.86. The van der Waals surface area contributed by atoms with Gasteiger partial charge in [0, 0.05) is 17.0 Å². The van der Waals surface area contributed by atoms with E-state index in [0.717, 1.165) is 25.7 Å². The third-order valence-electron chi connectivity index (χ3n) is 3.61. The van der Waals surface area contributed by atoms with Crippen molar-refractivity contribution in [1.82, 2.24) is 0 Å². The van der Waals surface area contributed by atoms with E-state index in [4.69, 9.17) is 22.4 Å². The molecule has 1 aliphatic rings. The van der Waals surface area contributed by atoms with Gasteiger partial charge in [-0.05, 0) is 43.9 Å². The molecule has 0 heterocycles. The monoisotopic (exact) mass is 296 g/mol. The normalized spacial score (nSPS) is 22.3. The molecule has 1 amide bonds. The van der Waals surface area contributed by atoms with Gasteiger partial charge in [-0.3, -0.25) is 4.79 Å². The molecule has 108 valence electrons. The number of hydrogen-bond donors (Lipinski definition) is 3. The largest absolute Gasteiger partial charge is 0.478 e. The molecule has 0 spiro atoms. The van der Waals surface area contributed by atoms with Crippen molar-refractivity contribution in [1.29, 1.82) is 0 Å². The summed E-state index contributed by atoms with van der Waals surface area (Å²) in [4.78, 5) is 23.3. The molecular weight excluding hydrogens is 280 g/mol. The van der Waals surface area contributed by atoms with Gasteiger partial charge < -0.3 is 16.2 Å². The van der Waals surface area contributed by atoms with E-state index in [1.165, 1.54) is 12.1 Å². The van der Waals surface area contributed by atoms with Crippen LogP contribution in [0.3, 0.4) is 0 Å². The van der Waals surface area contributed by atoms with Crippen molar-refractivity contribution in [3.8, 4) is 0 Å². The van der Waals surface area contributed by atoms with E-state index in [1.54, 1.807) is 6.07 Å². The number of nitrogens with one attached hydrogen (secondary N) is 1. The van der Waals surface area contributed by atoms with E-state index in [2.05, 4.69) is 5.32 Å². The highest BCUT2D eigenvalue weighted by Crippen LogP contribution is 2.26. The van der Waals surface area contributed by atoms with Crippen molar-refractivity contribution in [3.05, 3.63) is 28.8 Å². The Balaban J connectivity index is 2.10. The molecule has 4 N–H and O–H groups in total. The minimum Gasteiger partial charge on any atom is -0.478 e. The third-order valence-corrected chi connectivity index (χ3v) is 3.85. The van der Waals surface area contributed by atoms with Crippen molar-refractivity contribution in [2.75, 3.05) is 5.32 Å². The predicted octanol–water partition coefficient (Wildman–Crippen LogP) is 2.49. The summed E-state index contributed by atoms with van der Waals surface area (Å²) in [5, 5.41) is 12.1. The van der Waals surface area contributed by atoms with Crippen LogP contribution < -0.4 is 11.1 Å². The molecule has 1 aromatic rings. The molecule has 1 fully saturated rings. The SMILES string of the molecule is NC1CCC(C(=O)Nc2ccc(Cl)cc2C(=O)O)CC1. The number of benzene rings is 1. The Kier molecular flexibility index (Phi) is 4.62. The molecule has 0 saturated heterocycles. The van der Waals surface area contributed by atoms with Crippen LogP contribution in [0.15, 0.2) is 18.2 Å². The number of hydrogen-bond acceptors (Lipinski definition) is 3. The summed E-state index contributed by atoms with van der Waals surface area (Å²) in [5.41, 5.74) is 6.08. The van der Waals surface area contributed by atoms with Gasteiger partial charge in [0.2, 0.25) is 5.91 Å².